The van der Waals surface area contributed by atoms with Crippen molar-refractivity contribution < 1.29 is 17.9 Å². The molecule has 0 aliphatic heterocycles. The third-order valence-corrected chi connectivity index (χ3v) is 4.13. The summed E-state index contributed by atoms with van der Waals surface area (Å²) in [6.07, 6.45) is -1.56. The molecule has 0 saturated carbocycles. The summed E-state index contributed by atoms with van der Waals surface area (Å²) in [4.78, 5) is 0. The largest absolute Gasteiger partial charge is 0.486 e. The smallest absolute Gasteiger partial charge is 0.299 e. The summed E-state index contributed by atoms with van der Waals surface area (Å²) >= 11 is 16.6. The molecule has 6 nitrogen and oxygen atoms in total. The average molecular weight is 419 g/mol. The molecule has 0 aliphatic carbocycles. The molecule has 0 saturated heterocycles. The van der Waals surface area contributed by atoms with Gasteiger partial charge in [-0.15, -0.1) is 0 Å². The van der Waals surface area contributed by atoms with Gasteiger partial charge in [-0.1, -0.05) is 23.2 Å². The van der Waals surface area contributed by atoms with E-state index in [2.05, 4.69) is 15.3 Å². The maximum Gasteiger partial charge on any atom is 0.299 e. The molecule has 0 fully saturated rings. The Hall–Kier alpha value is -2.23. The lowest BCUT2D eigenvalue weighted by Crippen LogP contribution is -1.99. The Bertz CT molecular complexity index is 1000. The molecule has 3 rings (SSSR count). The normalized spacial score (nSPS) is 11.6. The number of ether oxygens (including phenoxy) is 1. The van der Waals surface area contributed by atoms with Crippen molar-refractivity contribution in [1.29, 1.82) is 0 Å². The van der Waals surface area contributed by atoms with Crippen LogP contribution in [-0.4, -0.2) is 21.1 Å². The van der Waals surface area contributed by atoms with Crippen molar-refractivity contribution in [3.05, 3.63) is 62.5 Å². The van der Waals surface area contributed by atoms with E-state index in [0.29, 0.717) is 27.3 Å². The minimum atomic E-state index is -2.81. The maximum absolute atomic E-state index is 12.8. The molecule has 11 heteroatoms. The van der Waals surface area contributed by atoms with Gasteiger partial charge < -0.3 is 9.15 Å². The second-order valence-electron chi connectivity index (χ2n) is 4.91. The van der Waals surface area contributed by atoms with Crippen LogP contribution in [0.4, 0.5) is 8.78 Å². The van der Waals surface area contributed by atoms with Gasteiger partial charge >= 0.3 is 0 Å². The van der Waals surface area contributed by atoms with Gasteiger partial charge in [-0.05, 0) is 36.5 Å². The number of nitrogens with one attached hydrogen (secondary N) is 1. The van der Waals surface area contributed by atoms with E-state index >= 15 is 0 Å². The molecule has 0 spiro atoms. The summed E-state index contributed by atoms with van der Waals surface area (Å²) in [5, 5.41) is 10.3. The third kappa shape index (κ3) is 4.29. The van der Waals surface area contributed by atoms with Gasteiger partial charge in [0.25, 0.3) is 6.43 Å². The highest BCUT2D eigenvalue weighted by molar-refractivity contribution is 7.71. The first kappa shape index (κ1) is 18.6. The van der Waals surface area contributed by atoms with Gasteiger partial charge in [0.05, 0.1) is 16.3 Å². The predicted molar refractivity (Wildman–Crippen MR) is 94.9 cm³/mol. The molecule has 0 amide bonds. The summed E-state index contributed by atoms with van der Waals surface area (Å²) < 4.78 is 37.4. The Morgan fingerprint density at radius 3 is 2.85 bits per heavy atom. The first-order valence-electron chi connectivity index (χ1n) is 7.10. The van der Waals surface area contributed by atoms with Crippen LogP contribution >= 0.6 is 35.4 Å². The van der Waals surface area contributed by atoms with Gasteiger partial charge in [-0.2, -0.15) is 14.9 Å². The lowest BCUT2D eigenvalue weighted by Gasteiger charge is -2.05. The second kappa shape index (κ2) is 7.98. The Morgan fingerprint density at radius 1 is 1.31 bits per heavy atom. The van der Waals surface area contributed by atoms with E-state index in [-0.39, 0.29) is 11.4 Å². The third-order valence-electron chi connectivity index (χ3n) is 3.13. The van der Waals surface area contributed by atoms with E-state index in [1.807, 2.05) is 0 Å². The standard InChI is InChI=1S/C15H10Cl2F2N4O2S/c16-11-4-3-8(5-12(11)17)24-7-10-2-1-9(25-10)6-20-23-14(13(18)19)21-22-15(23)26/h1-6,13H,7H2,(H,22,26). The number of rotatable bonds is 6. The molecule has 3 aromatic rings. The minimum absolute atomic E-state index is 0.0497. The highest BCUT2D eigenvalue weighted by atomic mass is 35.5. The summed E-state index contributed by atoms with van der Waals surface area (Å²) in [6, 6.07) is 8.16. The van der Waals surface area contributed by atoms with Crippen LogP contribution in [0.3, 0.4) is 0 Å². The van der Waals surface area contributed by atoms with Crippen LogP contribution in [-0.2, 0) is 6.61 Å². The number of aromatic amines is 1. The monoisotopic (exact) mass is 418 g/mol. The predicted octanol–water partition coefficient (Wildman–Crippen LogP) is 5.24. The summed E-state index contributed by atoms with van der Waals surface area (Å²) in [5.41, 5.74) is 0. The molecule has 0 aliphatic rings. The minimum Gasteiger partial charge on any atom is -0.486 e. The fraction of sp³-hybridized carbons (Fsp3) is 0.133. The van der Waals surface area contributed by atoms with Crippen LogP contribution < -0.4 is 4.74 Å². The van der Waals surface area contributed by atoms with Crippen molar-refractivity contribution >= 4 is 41.6 Å². The maximum atomic E-state index is 12.8. The zero-order valence-electron chi connectivity index (χ0n) is 12.8. The molecule has 2 heterocycles. The van der Waals surface area contributed by atoms with Gasteiger partial charge in [0.2, 0.25) is 10.6 Å². The molecule has 0 bridgehead atoms. The average Bonchev–Trinajstić information content (AvgIpc) is 3.20. The first-order valence-corrected chi connectivity index (χ1v) is 8.27. The summed E-state index contributed by atoms with van der Waals surface area (Å²) in [7, 11) is 0. The van der Waals surface area contributed by atoms with Crippen molar-refractivity contribution in [3.63, 3.8) is 0 Å². The Balaban J connectivity index is 1.67. The van der Waals surface area contributed by atoms with Crippen LogP contribution in [0, 0.1) is 4.77 Å². The van der Waals surface area contributed by atoms with E-state index in [1.54, 1.807) is 30.3 Å². The fourth-order valence-electron chi connectivity index (χ4n) is 1.93. The highest BCUT2D eigenvalue weighted by Gasteiger charge is 2.16. The van der Waals surface area contributed by atoms with E-state index in [4.69, 9.17) is 44.6 Å². The van der Waals surface area contributed by atoms with Gasteiger partial charge in [0.1, 0.15) is 23.9 Å². The Morgan fingerprint density at radius 2 is 2.12 bits per heavy atom. The number of furan rings is 1. The summed E-state index contributed by atoms with van der Waals surface area (Å²) in [5.74, 6) is 0.779. The van der Waals surface area contributed by atoms with Crippen LogP contribution in [0.1, 0.15) is 23.8 Å². The molecule has 0 unspecified atom stereocenters. The van der Waals surface area contributed by atoms with E-state index < -0.39 is 12.2 Å². The molecule has 26 heavy (non-hydrogen) atoms. The van der Waals surface area contributed by atoms with Crippen LogP contribution in [0.15, 0.2) is 39.9 Å². The molecule has 0 radical (unpaired) electrons. The molecule has 2 aromatic heterocycles. The number of halogens is 4. The molecule has 1 N–H and O–H groups in total. The van der Waals surface area contributed by atoms with Gasteiger partial charge in [0, 0.05) is 6.07 Å². The quantitative estimate of drug-likeness (QED) is 0.438. The van der Waals surface area contributed by atoms with Gasteiger partial charge in [0.15, 0.2) is 0 Å². The number of alkyl halides is 2. The van der Waals surface area contributed by atoms with Crippen molar-refractivity contribution in [2.45, 2.75) is 13.0 Å². The van der Waals surface area contributed by atoms with E-state index in [1.165, 1.54) is 6.21 Å². The van der Waals surface area contributed by atoms with Crippen molar-refractivity contribution in [2.75, 3.05) is 0 Å². The fourth-order valence-corrected chi connectivity index (χ4v) is 2.41. The number of hydrogen-bond donors (Lipinski definition) is 1. The lowest BCUT2D eigenvalue weighted by molar-refractivity contribution is 0.136. The number of aromatic nitrogens is 3. The molecule has 136 valence electrons. The van der Waals surface area contributed by atoms with Crippen LogP contribution in [0.2, 0.25) is 10.0 Å². The zero-order chi connectivity index (χ0) is 18.7. The molecular formula is C15H10Cl2F2N4O2S. The molecule has 1 aromatic carbocycles. The number of benzene rings is 1. The van der Waals surface area contributed by atoms with Crippen molar-refractivity contribution in [3.8, 4) is 5.75 Å². The van der Waals surface area contributed by atoms with Crippen molar-refractivity contribution in [2.24, 2.45) is 5.10 Å². The van der Waals surface area contributed by atoms with Crippen LogP contribution in [0.5, 0.6) is 5.75 Å². The summed E-state index contributed by atoms with van der Waals surface area (Å²) in [6.45, 7) is 0.138. The van der Waals surface area contributed by atoms with E-state index in [9.17, 15) is 8.78 Å². The highest BCUT2D eigenvalue weighted by Crippen LogP contribution is 2.26. The van der Waals surface area contributed by atoms with Crippen LogP contribution in [0.25, 0.3) is 0 Å². The van der Waals surface area contributed by atoms with E-state index in [0.717, 1.165) is 4.68 Å². The number of H-pyrrole nitrogens is 1. The molecular weight excluding hydrogens is 409 g/mol. The SMILES string of the molecule is FC(F)c1n[nH]c(=S)n1N=Cc1ccc(COc2ccc(Cl)c(Cl)c2)o1. The first-order chi connectivity index (χ1) is 12.4. The second-order valence-corrected chi connectivity index (χ2v) is 6.11. The lowest BCUT2D eigenvalue weighted by atomic mass is 10.3. The topological polar surface area (TPSA) is 68.3 Å². The number of hydrogen-bond acceptors (Lipinski definition) is 5. The Kier molecular flexibility index (Phi) is 5.70. The number of nitrogens with zero attached hydrogens (tertiary/aromatic N) is 3. The zero-order valence-corrected chi connectivity index (χ0v) is 15.2. The van der Waals surface area contributed by atoms with Gasteiger partial charge in [-0.3, -0.25) is 0 Å². The molecule has 0 atom stereocenters. The van der Waals surface area contributed by atoms with Gasteiger partial charge in [-0.25, -0.2) is 13.9 Å². The Labute approximate surface area is 161 Å². The van der Waals surface area contributed by atoms with Crippen molar-refractivity contribution in [1.82, 2.24) is 14.9 Å².